The lowest BCUT2D eigenvalue weighted by Crippen LogP contribution is -2.06. The van der Waals surface area contributed by atoms with E-state index in [4.69, 9.17) is 4.42 Å². The van der Waals surface area contributed by atoms with Crippen molar-refractivity contribution < 1.29 is 4.42 Å². The van der Waals surface area contributed by atoms with Gasteiger partial charge < -0.3 is 4.42 Å². The van der Waals surface area contributed by atoms with E-state index in [9.17, 15) is 4.79 Å². The number of nitrogens with zero attached hydrogens (tertiary/aromatic N) is 2. The molecule has 0 saturated carbocycles. The van der Waals surface area contributed by atoms with E-state index in [0.717, 1.165) is 11.0 Å². The highest BCUT2D eigenvalue weighted by molar-refractivity contribution is 5.77. The predicted octanol–water partition coefficient (Wildman–Crippen LogP) is 1.44. The van der Waals surface area contributed by atoms with Crippen LogP contribution in [0.3, 0.4) is 0 Å². The molecule has 0 fully saturated rings. The molecule has 4 heteroatoms. The summed E-state index contributed by atoms with van der Waals surface area (Å²) in [5, 5.41) is 0. The second kappa shape index (κ2) is 2.45. The third-order valence-electron chi connectivity index (χ3n) is 2.18. The zero-order valence-corrected chi connectivity index (χ0v) is 7.18. The maximum absolute atomic E-state index is 11.4. The van der Waals surface area contributed by atoms with Crippen LogP contribution in [0.4, 0.5) is 0 Å². The van der Waals surface area contributed by atoms with E-state index in [1.165, 1.54) is 10.7 Å². The first-order chi connectivity index (χ1) is 6.86. The number of para-hydroxylation sites is 2. The topological polar surface area (TPSA) is 47.5 Å². The highest BCUT2D eigenvalue weighted by atomic mass is 16.4. The Morgan fingerprint density at radius 1 is 1.29 bits per heavy atom. The highest BCUT2D eigenvalue weighted by Gasteiger charge is 2.04. The summed E-state index contributed by atoms with van der Waals surface area (Å²) in [6.45, 7) is 0. The van der Waals surface area contributed by atoms with Gasteiger partial charge in [-0.2, -0.15) is 0 Å². The van der Waals surface area contributed by atoms with Crippen molar-refractivity contribution in [1.82, 2.24) is 9.38 Å². The Morgan fingerprint density at radius 2 is 2.14 bits per heavy atom. The largest absolute Gasteiger partial charge is 0.424 e. The van der Waals surface area contributed by atoms with Gasteiger partial charge in [-0.1, -0.05) is 12.1 Å². The van der Waals surface area contributed by atoms with E-state index >= 15 is 0 Å². The summed E-state index contributed by atoms with van der Waals surface area (Å²) in [4.78, 5) is 15.6. The first-order valence-corrected chi connectivity index (χ1v) is 4.20. The Kier molecular flexibility index (Phi) is 1.28. The van der Waals surface area contributed by atoms with Crippen molar-refractivity contribution in [1.29, 1.82) is 0 Å². The fourth-order valence-corrected chi connectivity index (χ4v) is 1.55. The van der Waals surface area contributed by atoms with Crippen molar-refractivity contribution in [3.05, 3.63) is 47.3 Å². The fourth-order valence-electron chi connectivity index (χ4n) is 1.55. The predicted molar refractivity (Wildman–Crippen MR) is 51.2 cm³/mol. The van der Waals surface area contributed by atoms with Crippen LogP contribution < -0.4 is 5.76 Å². The number of aromatic nitrogens is 2. The fraction of sp³-hybridized carbons (Fsp3) is 0. The Balaban J connectivity index is 2.72. The molecule has 0 amide bonds. The minimum Gasteiger partial charge on any atom is -0.415 e. The Bertz CT molecular complexity index is 666. The second-order valence-corrected chi connectivity index (χ2v) is 3.01. The van der Waals surface area contributed by atoms with E-state index in [-0.39, 0.29) is 5.76 Å². The van der Waals surface area contributed by atoms with Crippen molar-refractivity contribution in [3.63, 3.8) is 0 Å². The number of hydrogen-bond acceptors (Lipinski definition) is 3. The van der Waals surface area contributed by atoms with Crippen molar-refractivity contribution in [3.8, 4) is 0 Å². The molecule has 1 aromatic carbocycles. The normalized spacial score (nSPS) is 11.1. The van der Waals surface area contributed by atoms with Crippen molar-refractivity contribution in [2.75, 3.05) is 0 Å². The molecule has 0 N–H and O–H groups in total. The minimum atomic E-state index is -0.376. The third-order valence-corrected chi connectivity index (χ3v) is 2.18. The SMILES string of the molecule is O=c1occ2cnc3ccccc3n12. The molecular weight excluding hydrogens is 180 g/mol. The molecular formula is C10H6N2O2. The van der Waals surface area contributed by atoms with Gasteiger partial charge in [0.2, 0.25) is 0 Å². The molecule has 0 radical (unpaired) electrons. The van der Waals surface area contributed by atoms with Gasteiger partial charge in [0, 0.05) is 0 Å². The average molecular weight is 186 g/mol. The highest BCUT2D eigenvalue weighted by Crippen LogP contribution is 2.11. The van der Waals surface area contributed by atoms with E-state index in [1.54, 1.807) is 6.20 Å². The molecule has 3 aromatic rings. The van der Waals surface area contributed by atoms with Gasteiger partial charge >= 0.3 is 5.76 Å². The quantitative estimate of drug-likeness (QED) is 0.533. The molecule has 0 saturated heterocycles. The average Bonchev–Trinajstić information content (AvgIpc) is 2.61. The maximum atomic E-state index is 11.4. The summed E-state index contributed by atoms with van der Waals surface area (Å²) in [7, 11) is 0. The Morgan fingerprint density at radius 3 is 3.07 bits per heavy atom. The Hall–Kier alpha value is -2.10. The summed E-state index contributed by atoms with van der Waals surface area (Å²) >= 11 is 0. The van der Waals surface area contributed by atoms with Gasteiger partial charge in [-0.3, -0.25) is 4.98 Å². The van der Waals surface area contributed by atoms with Gasteiger partial charge in [-0.15, -0.1) is 0 Å². The lowest BCUT2D eigenvalue weighted by Gasteiger charge is -1.97. The smallest absolute Gasteiger partial charge is 0.415 e. The molecule has 0 atom stereocenters. The van der Waals surface area contributed by atoms with Gasteiger partial charge in [0.05, 0.1) is 17.2 Å². The lowest BCUT2D eigenvalue weighted by molar-refractivity contribution is 0.510. The number of fused-ring (bicyclic) bond motifs is 3. The molecule has 0 aliphatic rings. The van der Waals surface area contributed by atoms with Crippen LogP contribution in [0.15, 0.2) is 45.9 Å². The maximum Gasteiger partial charge on any atom is 0.424 e. The van der Waals surface area contributed by atoms with Crippen LogP contribution in [-0.4, -0.2) is 9.38 Å². The van der Waals surface area contributed by atoms with Crippen LogP contribution in [0.25, 0.3) is 16.6 Å². The molecule has 0 spiro atoms. The zero-order chi connectivity index (χ0) is 9.54. The van der Waals surface area contributed by atoms with Gasteiger partial charge in [-0.05, 0) is 12.1 Å². The lowest BCUT2D eigenvalue weighted by atomic mass is 10.3. The summed E-state index contributed by atoms with van der Waals surface area (Å²) in [5.41, 5.74) is 2.22. The standard InChI is InChI=1S/C10H6N2O2/c13-10-12-7(6-14-10)5-11-8-3-1-2-4-9(8)12/h1-6H. The van der Waals surface area contributed by atoms with E-state index in [2.05, 4.69) is 4.98 Å². The number of oxazole rings is 1. The van der Waals surface area contributed by atoms with E-state index in [1.807, 2.05) is 24.3 Å². The van der Waals surface area contributed by atoms with Crippen LogP contribution in [0.2, 0.25) is 0 Å². The molecule has 2 heterocycles. The summed E-state index contributed by atoms with van der Waals surface area (Å²) in [6, 6.07) is 7.44. The van der Waals surface area contributed by atoms with Crippen LogP contribution in [0, 0.1) is 0 Å². The summed E-state index contributed by atoms with van der Waals surface area (Å²) in [5.74, 6) is -0.376. The number of rotatable bonds is 0. The van der Waals surface area contributed by atoms with Crippen LogP contribution in [0.1, 0.15) is 0 Å². The summed E-state index contributed by atoms with van der Waals surface area (Å²) in [6.07, 6.45) is 3.02. The number of hydrogen-bond donors (Lipinski definition) is 0. The first-order valence-electron chi connectivity index (χ1n) is 4.20. The van der Waals surface area contributed by atoms with Gasteiger partial charge in [-0.25, -0.2) is 9.20 Å². The molecule has 4 nitrogen and oxygen atoms in total. The molecule has 14 heavy (non-hydrogen) atoms. The van der Waals surface area contributed by atoms with E-state index < -0.39 is 0 Å². The molecule has 0 aliphatic heterocycles. The van der Waals surface area contributed by atoms with Crippen LogP contribution in [0.5, 0.6) is 0 Å². The third kappa shape index (κ3) is 0.821. The van der Waals surface area contributed by atoms with Crippen molar-refractivity contribution >= 4 is 16.6 Å². The molecule has 68 valence electrons. The Labute approximate surface area is 78.4 Å². The monoisotopic (exact) mass is 186 g/mol. The summed E-state index contributed by atoms with van der Waals surface area (Å²) < 4.78 is 6.29. The molecule has 3 rings (SSSR count). The van der Waals surface area contributed by atoms with Gasteiger partial charge in [0.25, 0.3) is 0 Å². The van der Waals surface area contributed by atoms with Crippen molar-refractivity contribution in [2.45, 2.75) is 0 Å². The molecule has 2 aromatic heterocycles. The molecule has 0 unspecified atom stereocenters. The second-order valence-electron chi connectivity index (χ2n) is 3.01. The van der Waals surface area contributed by atoms with Crippen LogP contribution >= 0.6 is 0 Å². The number of benzene rings is 1. The van der Waals surface area contributed by atoms with Crippen LogP contribution in [-0.2, 0) is 0 Å². The first kappa shape index (κ1) is 7.32. The van der Waals surface area contributed by atoms with Crippen molar-refractivity contribution in [2.24, 2.45) is 0 Å². The molecule has 0 bridgehead atoms. The minimum absolute atomic E-state index is 0.376. The van der Waals surface area contributed by atoms with E-state index in [0.29, 0.717) is 5.52 Å². The zero-order valence-electron chi connectivity index (χ0n) is 7.18. The van der Waals surface area contributed by atoms with Gasteiger partial charge in [0.15, 0.2) is 0 Å². The van der Waals surface area contributed by atoms with Gasteiger partial charge in [0.1, 0.15) is 11.8 Å². The molecule has 0 aliphatic carbocycles.